The first-order chi connectivity index (χ1) is 14.5. The molecule has 4 aromatic rings. The van der Waals surface area contributed by atoms with E-state index in [-0.39, 0.29) is 11.5 Å². The summed E-state index contributed by atoms with van der Waals surface area (Å²) in [5.41, 5.74) is 3.80. The van der Waals surface area contributed by atoms with Gasteiger partial charge in [-0.15, -0.1) is 11.8 Å². The second-order valence-corrected chi connectivity index (χ2v) is 7.74. The van der Waals surface area contributed by atoms with Crippen molar-refractivity contribution in [2.75, 3.05) is 0 Å². The summed E-state index contributed by atoms with van der Waals surface area (Å²) in [7, 11) is 0. The number of hydrogen-bond donors (Lipinski definition) is 0. The van der Waals surface area contributed by atoms with Crippen molar-refractivity contribution in [2.24, 2.45) is 0 Å². The van der Waals surface area contributed by atoms with E-state index in [0.717, 1.165) is 33.5 Å². The Balaban J connectivity index is 1.71. The van der Waals surface area contributed by atoms with Gasteiger partial charge in [-0.05, 0) is 53.9 Å². The lowest BCUT2D eigenvalue weighted by Crippen LogP contribution is -1.96. The standard InChI is InChI=1S/C23H18FN3O2S/c1-2-15-5-12-21-20(13-15)23(26-22(25-21)17-6-8-18(24)9-7-17)30-14-16-3-10-19(11-4-16)27(28)29/h3-13H,2,14H2,1H3. The van der Waals surface area contributed by atoms with Gasteiger partial charge in [0.1, 0.15) is 10.8 Å². The maximum Gasteiger partial charge on any atom is 0.269 e. The summed E-state index contributed by atoms with van der Waals surface area (Å²) in [6.45, 7) is 2.10. The van der Waals surface area contributed by atoms with Crippen LogP contribution in [0.2, 0.25) is 0 Å². The van der Waals surface area contributed by atoms with Crippen LogP contribution in [0.3, 0.4) is 0 Å². The minimum absolute atomic E-state index is 0.0717. The molecule has 0 saturated heterocycles. The lowest BCUT2D eigenvalue weighted by Gasteiger charge is -2.10. The molecule has 0 aliphatic rings. The number of aromatic nitrogens is 2. The Kier molecular flexibility index (Phi) is 5.72. The van der Waals surface area contributed by atoms with Gasteiger partial charge in [0.15, 0.2) is 5.82 Å². The van der Waals surface area contributed by atoms with Crippen LogP contribution in [0.25, 0.3) is 22.3 Å². The summed E-state index contributed by atoms with van der Waals surface area (Å²) >= 11 is 1.55. The van der Waals surface area contributed by atoms with Gasteiger partial charge >= 0.3 is 0 Å². The van der Waals surface area contributed by atoms with Crippen molar-refractivity contribution < 1.29 is 9.31 Å². The molecule has 7 heteroatoms. The Morgan fingerprint density at radius 1 is 0.967 bits per heavy atom. The molecule has 0 radical (unpaired) electrons. The van der Waals surface area contributed by atoms with Gasteiger partial charge in [0, 0.05) is 28.8 Å². The van der Waals surface area contributed by atoms with Crippen LogP contribution in [0.4, 0.5) is 10.1 Å². The molecule has 0 aliphatic heterocycles. The zero-order valence-corrected chi connectivity index (χ0v) is 17.0. The van der Waals surface area contributed by atoms with E-state index in [0.29, 0.717) is 11.6 Å². The average molecular weight is 419 g/mol. The number of halogens is 1. The van der Waals surface area contributed by atoms with Crippen molar-refractivity contribution in [1.29, 1.82) is 0 Å². The van der Waals surface area contributed by atoms with Crippen LogP contribution in [0.15, 0.2) is 71.8 Å². The number of nitro groups is 1. The zero-order valence-electron chi connectivity index (χ0n) is 16.2. The summed E-state index contributed by atoms with van der Waals surface area (Å²) in [5, 5.41) is 12.6. The number of non-ortho nitro benzene ring substituents is 1. The molecule has 30 heavy (non-hydrogen) atoms. The Hall–Kier alpha value is -3.32. The molecule has 4 rings (SSSR count). The maximum absolute atomic E-state index is 13.3. The van der Waals surface area contributed by atoms with Crippen LogP contribution in [-0.2, 0) is 12.2 Å². The van der Waals surface area contributed by atoms with Crippen molar-refractivity contribution in [3.63, 3.8) is 0 Å². The lowest BCUT2D eigenvalue weighted by molar-refractivity contribution is -0.384. The first-order valence-corrected chi connectivity index (χ1v) is 10.4. The fraction of sp³-hybridized carbons (Fsp3) is 0.130. The second kappa shape index (κ2) is 8.59. The molecular weight excluding hydrogens is 401 g/mol. The molecule has 0 unspecified atom stereocenters. The number of nitrogens with zero attached hydrogens (tertiary/aromatic N) is 3. The third kappa shape index (κ3) is 4.31. The topological polar surface area (TPSA) is 68.9 Å². The van der Waals surface area contributed by atoms with E-state index < -0.39 is 4.92 Å². The van der Waals surface area contributed by atoms with Crippen LogP contribution in [0.1, 0.15) is 18.1 Å². The van der Waals surface area contributed by atoms with Crippen LogP contribution in [0.5, 0.6) is 0 Å². The zero-order chi connectivity index (χ0) is 21.1. The molecule has 0 atom stereocenters. The van der Waals surface area contributed by atoms with E-state index in [2.05, 4.69) is 24.0 Å². The summed E-state index contributed by atoms with van der Waals surface area (Å²) in [6, 6.07) is 18.8. The smallest absolute Gasteiger partial charge is 0.258 e. The van der Waals surface area contributed by atoms with Crippen molar-refractivity contribution >= 4 is 28.4 Å². The molecule has 150 valence electrons. The molecule has 3 aromatic carbocycles. The first-order valence-electron chi connectivity index (χ1n) is 9.46. The van der Waals surface area contributed by atoms with Crippen LogP contribution < -0.4 is 0 Å². The van der Waals surface area contributed by atoms with E-state index in [9.17, 15) is 14.5 Å². The molecule has 0 aliphatic carbocycles. The van der Waals surface area contributed by atoms with Gasteiger partial charge in [-0.2, -0.15) is 0 Å². The maximum atomic E-state index is 13.3. The van der Waals surface area contributed by atoms with Gasteiger partial charge < -0.3 is 0 Å². The molecule has 0 fully saturated rings. The van der Waals surface area contributed by atoms with Gasteiger partial charge in [-0.25, -0.2) is 14.4 Å². The Bertz CT molecular complexity index is 1210. The Morgan fingerprint density at radius 3 is 2.33 bits per heavy atom. The van der Waals surface area contributed by atoms with Gasteiger partial charge in [0.05, 0.1) is 10.4 Å². The number of nitro benzene ring substituents is 1. The highest BCUT2D eigenvalue weighted by atomic mass is 32.2. The predicted octanol–water partition coefficient (Wildman–Crippen LogP) is 6.20. The number of rotatable bonds is 6. The van der Waals surface area contributed by atoms with Gasteiger partial charge in [-0.1, -0.05) is 25.1 Å². The third-order valence-corrected chi connectivity index (χ3v) is 5.82. The van der Waals surface area contributed by atoms with Crippen molar-refractivity contribution in [1.82, 2.24) is 9.97 Å². The Labute approximate surface area is 177 Å². The van der Waals surface area contributed by atoms with Gasteiger partial charge in [0.25, 0.3) is 5.69 Å². The normalized spacial score (nSPS) is 11.0. The minimum atomic E-state index is -0.407. The summed E-state index contributed by atoms with van der Waals surface area (Å²) < 4.78 is 13.3. The molecule has 0 N–H and O–H groups in total. The summed E-state index contributed by atoms with van der Waals surface area (Å²) in [6.07, 6.45) is 0.905. The number of fused-ring (bicyclic) bond motifs is 1. The first kappa shape index (κ1) is 20.0. The SMILES string of the molecule is CCc1ccc2nc(-c3ccc(F)cc3)nc(SCc3ccc([N+](=O)[O-])cc3)c2c1. The molecule has 0 saturated carbocycles. The molecule has 0 spiro atoms. The summed E-state index contributed by atoms with van der Waals surface area (Å²) in [4.78, 5) is 19.9. The van der Waals surface area contributed by atoms with E-state index >= 15 is 0 Å². The number of aryl methyl sites for hydroxylation is 1. The highest BCUT2D eigenvalue weighted by Gasteiger charge is 2.12. The molecule has 0 amide bonds. The highest BCUT2D eigenvalue weighted by Crippen LogP contribution is 2.31. The van der Waals surface area contributed by atoms with Crippen LogP contribution in [0, 0.1) is 15.9 Å². The van der Waals surface area contributed by atoms with E-state index in [4.69, 9.17) is 4.98 Å². The third-order valence-electron chi connectivity index (χ3n) is 4.76. The number of thioether (sulfide) groups is 1. The monoisotopic (exact) mass is 419 g/mol. The van der Waals surface area contributed by atoms with Crippen LogP contribution in [-0.4, -0.2) is 14.9 Å². The molecule has 1 aromatic heterocycles. The molecule has 5 nitrogen and oxygen atoms in total. The lowest BCUT2D eigenvalue weighted by atomic mass is 10.1. The second-order valence-electron chi connectivity index (χ2n) is 6.78. The van der Waals surface area contributed by atoms with E-state index in [1.165, 1.54) is 29.8 Å². The van der Waals surface area contributed by atoms with Gasteiger partial charge in [-0.3, -0.25) is 10.1 Å². The fourth-order valence-electron chi connectivity index (χ4n) is 3.07. The molecule has 1 heterocycles. The largest absolute Gasteiger partial charge is 0.269 e. The molecular formula is C23H18FN3O2S. The minimum Gasteiger partial charge on any atom is -0.258 e. The number of benzene rings is 3. The fourth-order valence-corrected chi connectivity index (χ4v) is 4.04. The Morgan fingerprint density at radius 2 is 1.67 bits per heavy atom. The number of hydrogen-bond acceptors (Lipinski definition) is 5. The highest BCUT2D eigenvalue weighted by molar-refractivity contribution is 7.98. The van der Waals surface area contributed by atoms with Crippen molar-refractivity contribution in [3.8, 4) is 11.4 Å². The quantitative estimate of drug-likeness (QED) is 0.161. The van der Waals surface area contributed by atoms with Crippen molar-refractivity contribution in [2.45, 2.75) is 24.1 Å². The summed E-state index contributed by atoms with van der Waals surface area (Å²) in [5.74, 6) is 0.849. The van der Waals surface area contributed by atoms with E-state index in [1.54, 1.807) is 36.0 Å². The average Bonchev–Trinajstić information content (AvgIpc) is 2.77. The molecule has 0 bridgehead atoms. The van der Waals surface area contributed by atoms with Crippen molar-refractivity contribution in [3.05, 3.63) is 93.8 Å². The predicted molar refractivity (Wildman–Crippen MR) is 117 cm³/mol. The van der Waals surface area contributed by atoms with Gasteiger partial charge in [0.2, 0.25) is 0 Å². The van der Waals surface area contributed by atoms with Crippen LogP contribution >= 0.6 is 11.8 Å². The van der Waals surface area contributed by atoms with E-state index in [1.807, 2.05) is 6.07 Å².